The van der Waals surface area contributed by atoms with E-state index in [2.05, 4.69) is 9.97 Å². The standard InChI is InChI=1S/C19H23N3O4/c1-14-3-4-16(26-14)17(23)22-12-19(13-22)11-15(6-10-25-19)5-9-24-18-20-7-2-8-21-18/h2-4,7-8,15H,5-6,9-13H2,1H3/t15-/m1/s1. The number of rotatable bonds is 5. The molecule has 7 heteroatoms. The van der Waals surface area contributed by atoms with Gasteiger partial charge in [-0.25, -0.2) is 9.97 Å². The zero-order chi connectivity index (χ0) is 18.0. The van der Waals surface area contributed by atoms with Crippen LogP contribution in [0.25, 0.3) is 0 Å². The van der Waals surface area contributed by atoms with Gasteiger partial charge in [-0.05, 0) is 50.3 Å². The van der Waals surface area contributed by atoms with Gasteiger partial charge in [0.25, 0.3) is 5.91 Å². The fourth-order valence-electron chi connectivity index (χ4n) is 3.77. The molecular weight excluding hydrogens is 334 g/mol. The SMILES string of the molecule is Cc1ccc(C(=O)N2CC3(C[C@H](CCOc4ncccn4)CCO3)C2)o1. The van der Waals surface area contributed by atoms with E-state index < -0.39 is 0 Å². The smallest absolute Gasteiger partial charge is 0.316 e. The number of aromatic nitrogens is 2. The van der Waals surface area contributed by atoms with Crippen LogP contribution in [0.2, 0.25) is 0 Å². The number of carbonyl (C=O) groups excluding carboxylic acids is 1. The average Bonchev–Trinajstić information content (AvgIpc) is 3.07. The summed E-state index contributed by atoms with van der Waals surface area (Å²) in [5.41, 5.74) is -0.205. The summed E-state index contributed by atoms with van der Waals surface area (Å²) in [6, 6.07) is 5.73. The van der Waals surface area contributed by atoms with Crippen molar-refractivity contribution in [1.29, 1.82) is 0 Å². The summed E-state index contributed by atoms with van der Waals surface area (Å²) in [5.74, 6) is 1.62. The number of aryl methyl sites for hydroxylation is 1. The van der Waals surface area contributed by atoms with Gasteiger partial charge in [0.2, 0.25) is 0 Å². The molecule has 0 saturated carbocycles. The Kier molecular flexibility index (Phi) is 4.63. The van der Waals surface area contributed by atoms with Crippen molar-refractivity contribution in [2.75, 3.05) is 26.3 Å². The molecule has 2 aromatic heterocycles. The number of ether oxygens (including phenoxy) is 2. The monoisotopic (exact) mass is 357 g/mol. The van der Waals surface area contributed by atoms with Crippen LogP contribution in [0.5, 0.6) is 6.01 Å². The molecule has 1 spiro atoms. The first-order valence-corrected chi connectivity index (χ1v) is 9.03. The summed E-state index contributed by atoms with van der Waals surface area (Å²) in [4.78, 5) is 22.4. The molecule has 2 aliphatic rings. The third-order valence-electron chi connectivity index (χ3n) is 5.09. The molecule has 0 bridgehead atoms. The Bertz CT molecular complexity index is 755. The van der Waals surface area contributed by atoms with Gasteiger partial charge in [-0.3, -0.25) is 4.79 Å². The molecule has 26 heavy (non-hydrogen) atoms. The third kappa shape index (κ3) is 3.58. The summed E-state index contributed by atoms with van der Waals surface area (Å²) in [6.45, 7) is 4.43. The lowest BCUT2D eigenvalue weighted by molar-refractivity contribution is -0.167. The Hall–Kier alpha value is -2.41. The number of amides is 1. The van der Waals surface area contributed by atoms with Crippen LogP contribution in [-0.2, 0) is 4.74 Å². The van der Waals surface area contributed by atoms with Gasteiger partial charge < -0.3 is 18.8 Å². The zero-order valence-electron chi connectivity index (χ0n) is 14.9. The largest absolute Gasteiger partial charge is 0.463 e. The summed E-state index contributed by atoms with van der Waals surface area (Å²) in [5, 5.41) is 0. The van der Waals surface area contributed by atoms with E-state index >= 15 is 0 Å². The lowest BCUT2D eigenvalue weighted by atomic mass is 9.79. The summed E-state index contributed by atoms with van der Waals surface area (Å²) >= 11 is 0. The van der Waals surface area contributed by atoms with Crippen molar-refractivity contribution in [3.63, 3.8) is 0 Å². The first-order valence-electron chi connectivity index (χ1n) is 9.03. The van der Waals surface area contributed by atoms with Gasteiger partial charge in [0.1, 0.15) is 11.4 Å². The fourth-order valence-corrected chi connectivity index (χ4v) is 3.77. The number of hydrogen-bond donors (Lipinski definition) is 0. The molecule has 1 amide bonds. The molecule has 7 nitrogen and oxygen atoms in total. The highest BCUT2D eigenvalue weighted by Gasteiger charge is 2.49. The molecule has 138 valence electrons. The maximum Gasteiger partial charge on any atom is 0.316 e. The van der Waals surface area contributed by atoms with Crippen LogP contribution in [-0.4, -0.2) is 52.7 Å². The molecule has 2 fully saturated rings. The van der Waals surface area contributed by atoms with Gasteiger partial charge in [0.15, 0.2) is 5.76 Å². The van der Waals surface area contributed by atoms with Crippen LogP contribution >= 0.6 is 0 Å². The van der Waals surface area contributed by atoms with Crippen LogP contribution in [0, 0.1) is 12.8 Å². The molecule has 2 saturated heterocycles. The summed E-state index contributed by atoms with van der Waals surface area (Å²) in [6.07, 6.45) is 6.26. The zero-order valence-corrected chi connectivity index (χ0v) is 14.9. The van der Waals surface area contributed by atoms with Crippen LogP contribution in [0.4, 0.5) is 0 Å². The fraction of sp³-hybridized carbons (Fsp3) is 0.526. The Morgan fingerprint density at radius 3 is 2.88 bits per heavy atom. The van der Waals surface area contributed by atoms with Crippen molar-refractivity contribution in [2.45, 2.75) is 31.8 Å². The van der Waals surface area contributed by atoms with Gasteiger partial charge in [-0.2, -0.15) is 0 Å². The van der Waals surface area contributed by atoms with E-state index in [9.17, 15) is 4.79 Å². The van der Waals surface area contributed by atoms with E-state index in [1.807, 2.05) is 13.0 Å². The van der Waals surface area contributed by atoms with Gasteiger partial charge in [0.05, 0.1) is 19.7 Å². The molecular formula is C19H23N3O4. The molecule has 1 atom stereocenters. The van der Waals surface area contributed by atoms with Gasteiger partial charge in [-0.15, -0.1) is 0 Å². The topological polar surface area (TPSA) is 77.7 Å². The number of hydrogen-bond acceptors (Lipinski definition) is 6. The third-order valence-corrected chi connectivity index (χ3v) is 5.09. The highest BCUT2D eigenvalue weighted by molar-refractivity contribution is 5.92. The molecule has 2 aromatic rings. The Labute approximate surface area is 152 Å². The number of likely N-dealkylation sites (tertiary alicyclic amines) is 1. The van der Waals surface area contributed by atoms with Crippen LogP contribution in [0.15, 0.2) is 35.0 Å². The summed E-state index contributed by atoms with van der Waals surface area (Å²) < 4.78 is 17.1. The first kappa shape index (κ1) is 17.0. The highest BCUT2D eigenvalue weighted by Crippen LogP contribution is 2.38. The average molecular weight is 357 g/mol. The molecule has 0 aromatic carbocycles. The van der Waals surface area contributed by atoms with E-state index in [-0.39, 0.29) is 11.5 Å². The van der Waals surface area contributed by atoms with Crippen molar-refractivity contribution in [3.05, 3.63) is 42.1 Å². The van der Waals surface area contributed by atoms with E-state index in [0.29, 0.717) is 37.4 Å². The normalized spacial score (nSPS) is 21.4. The number of nitrogens with zero attached hydrogens (tertiary/aromatic N) is 3. The van der Waals surface area contributed by atoms with E-state index in [0.717, 1.165) is 31.6 Å². The minimum atomic E-state index is -0.205. The van der Waals surface area contributed by atoms with Crippen molar-refractivity contribution >= 4 is 5.91 Å². The molecule has 4 rings (SSSR count). The molecule has 0 N–H and O–H groups in total. The lowest BCUT2D eigenvalue weighted by Gasteiger charge is -2.53. The Morgan fingerprint density at radius 2 is 2.15 bits per heavy atom. The summed E-state index contributed by atoms with van der Waals surface area (Å²) in [7, 11) is 0. The van der Waals surface area contributed by atoms with Gasteiger partial charge in [-0.1, -0.05) is 0 Å². The molecule has 0 aliphatic carbocycles. The number of carbonyl (C=O) groups is 1. The van der Waals surface area contributed by atoms with Crippen molar-refractivity contribution in [2.24, 2.45) is 5.92 Å². The van der Waals surface area contributed by atoms with Gasteiger partial charge >= 0.3 is 6.01 Å². The van der Waals surface area contributed by atoms with Crippen LogP contribution < -0.4 is 4.74 Å². The minimum Gasteiger partial charge on any atom is -0.463 e. The van der Waals surface area contributed by atoms with E-state index in [1.54, 1.807) is 29.4 Å². The predicted octanol–water partition coefficient (Wildman–Crippen LogP) is 2.47. The lowest BCUT2D eigenvalue weighted by Crippen LogP contribution is -2.66. The Morgan fingerprint density at radius 1 is 1.35 bits per heavy atom. The quantitative estimate of drug-likeness (QED) is 0.818. The van der Waals surface area contributed by atoms with Crippen molar-refractivity contribution in [1.82, 2.24) is 14.9 Å². The number of furan rings is 1. The molecule has 2 aliphatic heterocycles. The molecule has 0 radical (unpaired) electrons. The first-order chi connectivity index (χ1) is 12.6. The second kappa shape index (κ2) is 7.07. The molecule has 0 unspecified atom stereocenters. The van der Waals surface area contributed by atoms with E-state index in [4.69, 9.17) is 13.9 Å². The second-order valence-electron chi connectivity index (χ2n) is 7.13. The van der Waals surface area contributed by atoms with Crippen LogP contribution in [0.1, 0.15) is 35.6 Å². The predicted molar refractivity (Wildman–Crippen MR) is 92.9 cm³/mol. The Balaban J connectivity index is 1.26. The van der Waals surface area contributed by atoms with E-state index in [1.165, 1.54) is 0 Å². The second-order valence-corrected chi connectivity index (χ2v) is 7.13. The van der Waals surface area contributed by atoms with Crippen molar-refractivity contribution in [3.8, 4) is 6.01 Å². The van der Waals surface area contributed by atoms with Crippen molar-refractivity contribution < 1.29 is 18.7 Å². The van der Waals surface area contributed by atoms with Gasteiger partial charge in [0, 0.05) is 19.0 Å². The highest BCUT2D eigenvalue weighted by atomic mass is 16.5. The molecule has 4 heterocycles. The maximum absolute atomic E-state index is 12.4. The minimum absolute atomic E-state index is 0.0565. The maximum atomic E-state index is 12.4. The van der Waals surface area contributed by atoms with Crippen LogP contribution in [0.3, 0.4) is 0 Å².